The van der Waals surface area contributed by atoms with Crippen molar-refractivity contribution in [3.8, 4) is 0 Å². The second kappa shape index (κ2) is 7.46. The largest absolute Gasteiger partial charge is 0.450 e. The number of benzene rings is 1. The topological polar surface area (TPSA) is 59.2 Å². The van der Waals surface area contributed by atoms with E-state index in [2.05, 4.69) is 11.9 Å². The summed E-state index contributed by atoms with van der Waals surface area (Å²) in [7, 11) is 0. The Morgan fingerprint density at radius 3 is 2.69 bits per heavy atom. The number of ketones is 1. The molecule has 0 aliphatic rings. The molecule has 0 fully saturated rings. The maximum absolute atomic E-state index is 12.9. The van der Waals surface area contributed by atoms with E-state index in [0.717, 1.165) is 34.3 Å². The van der Waals surface area contributed by atoms with Gasteiger partial charge in [-0.3, -0.25) is 4.79 Å². The number of aromatic nitrogens is 1. The van der Waals surface area contributed by atoms with Gasteiger partial charge in [0.2, 0.25) is 5.78 Å². The third kappa shape index (κ3) is 3.44. The highest BCUT2D eigenvalue weighted by atomic mass is 32.1. The van der Waals surface area contributed by atoms with E-state index in [1.165, 1.54) is 16.9 Å². The fraction of sp³-hybridized carbons (Fsp3) is 0.333. The van der Waals surface area contributed by atoms with E-state index in [1.54, 1.807) is 6.92 Å². The van der Waals surface area contributed by atoms with E-state index >= 15 is 0 Å². The molecule has 2 heterocycles. The number of rotatable bonds is 6. The molecule has 0 saturated heterocycles. The van der Waals surface area contributed by atoms with Crippen LogP contribution in [0.15, 0.2) is 30.3 Å². The summed E-state index contributed by atoms with van der Waals surface area (Å²) < 4.78 is 5.48. The molecule has 26 heavy (non-hydrogen) atoms. The summed E-state index contributed by atoms with van der Waals surface area (Å²) >= 11 is 1.43. The highest BCUT2D eigenvalue weighted by Gasteiger charge is 2.25. The van der Waals surface area contributed by atoms with E-state index in [4.69, 9.17) is 4.74 Å². The molecule has 1 N–H and O–H groups in total. The molecular formula is C21H23NO3S. The molecule has 1 atom stereocenters. The minimum Gasteiger partial charge on any atom is -0.450 e. The standard InChI is InChI=1S/C21H23NO3S/c1-5-8-15-11-18(26-14(15)4)21(24)25-13(3)20(23)19-12(2)22-17-10-7-6-9-16(17)19/h6-7,9-11,13,22H,5,8H2,1-4H3/t13-/m0/s1. The number of ether oxygens (including phenoxy) is 1. The zero-order chi connectivity index (χ0) is 18.8. The Bertz CT molecular complexity index is 967. The Balaban J connectivity index is 1.79. The average Bonchev–Trinajstić information content (AvgIpc) is 3.14. The molecule has 0 radical (unpaired) electrons. The van der Waals surface area contributed by atoms with Gasteiger partial charge in [0.1, 0.15) is 4.88 Å². The third-order valence-corrected chi connectivity index (χ3v) is 5.61. The number of esters is 1. The quantitative estimate of drug-likeness (QED) is 0.478. The van der Waals surface area contributed by atoms with Gasteiger partial charge >= 0.3 is 5.97 Å². The number of carbonyl (C=O) groups excluding carboxylic acids is 2. The van der Waals surface area contributed by atoms with Gasteiger partial charge in [-0.2, -0.15) is 0 Å². The number of carbonyl (C=O) groups is 2. The molecule has 0 unspecified atom stereocenters. The number of H-pyrrole nitrogens is 1. The van der Waals surface area contributed by atoms with E-state index in [9.17, 15) is 9.59 Å². The molecule has 3 rings (SSSR count). The third-order valence-electron chi connectivity index (χ3n) is 4.53. The Hall–Kier alpha value is -2.40. The molecule has 0 aliphatic carbocycles. The van der Waals surface area contributed by atoms with E-state index in [1.807, 2.05) is 44.2 Å². The van der Waals surface area contributed by atoms with E-state index < -0.39 is 12.1 Å². The number of aryl methyl sites for hydroxylation is 3. The summed E-state index contributed by atoms with van der Waals surface area (Å²) in [6, 6.07) is 9.54. The molecule has 0 aliphatic heterocycles. The van der Waals surface area contributed by atoms with E-state index in [-0.39, 0.29) is 5.78 Å². The summed E-state index contributed by atoms with van der Waals surface area (Å²) in [4.78, 5) is 30.3. The van der Waals surface area contributed by atoms with Gasteiger partial charge in [-0.1, -0.05) is 31.5 Å². The number of para-hydroxylation sites is 1. The molecule has 5 heteroatoms. The summed E-state index contributed by atoms with van der Waals surface area (Å²) in [6.45, 7) is 7.62. The first-order chi connectivity index (χ1) is 12.4. The monoisotopic (exact) mass is 369 g/mol. The van der Waals surface area contributed by atoms with Crippen molar-refractivity contribution in [2.75, 3.05) is 0 Å². The number of thiophene rings is 1. The summed E-state index contributed by atoms with van der Waals surface area (Å²) in [6.07, 6.45) is 1.14. The van der Waals surface area contributed by atoms with Crippen molar-refractivity contribution in [2.45, 2.75) is 46.6 Å². The average molecular weight is 369 g/mol. The van der Waals surface area contributed by atoms with Crippen LogP contribution in [0, 0.1) is 13.8 Å². The van der Waals surface area contributed by atoms with Gasteiger partial charge in [-0.25, -0.2) is 4.79 Å². The molecular weight excluding hydrogens is 346 g/mol. The predicted octanol–water partition coefficient (Wildman–Crippen LogP) is 5.23. The van der Waals surface area contributed by atoms with Crippen molar-refractivity contribution in [3.63, 3.8) is 0 Å². The molecule has 0 saturated carbocycles. The number of nitrogens with one attached hydrogen (secondary N) is 1. The molecule has 1 aromatic carbocycles. The smallest absolute Gasteiger partial charge is 0.349 e. The molecule has 0 amide bonds. The lowest BCUT2D eigenvalue weighted by atomic mass is 10.0. The van der Waals surface area contributed by atoms with Crippen molar-refractivity contribution in [1.29, 1.82) is 0 Å². The number of Topliss-reactive ketones (excluding diaryl/α,β-unsaturated/α-hetero) is 1. The lowest BCUT2D eigenvalue weighted by molar-refractivity contribution is 0.0324. The van der Waals surface area contributed by atoms with Gasteiger partial charge in [0.15, 0.2) is 6.10 Å². The SMILES string of the molecule is CCCc1cc(C(=O)O[C@@H](C)C(=O)c2c(C)[nH]c3ccccc23)sc1C. The van der Waals surface area contributed by atoms with Gasteiger partial charge in [-0.15, -0.1) is 11.3 Å². The van der Waals surface area contributed by atoms with Gasteiger partial charge in [-0.05, 0) is 44.9 Å². The first-order valence-corrected chi connectivity index (χ1v) is 9.65. The Morgan fingerprint density at radius 1 is 1.23 bits per heavy atom. The fourth-order valence-electron chi connectivity index (χ4n) is 3.21. The Labute approximate surface area is 157 Å². The Kier molecular flexibility index (Phi) is 5.28. The van der Waals surface area contributed by atoms with Crippen LogP contribution in [0.25, 0.3) is 10.9 Å². The summed E-state index contributed by atoms with van der Waals surface area (Å²) in [5.41, 5.74) is 3.46. The molecule has 2 aromatic heterocycles. The van der Waals surface area contributed by atoms with Gasteiger partial charge in [0.25, 0.3) is 0 Å². The van der Waals surface area contributed by atoms with Crippen LogP contribution in [-0.2, 0) is 11.2 Å². The van der Waals surface area contributed by atoms with Crippen LogP contribution >= 0.6 is 11.3 Å². The van der Waals surface area contributed by atoms with Crippen molar-refractivity contribution >= 4 is 34.0 Å². The first-order valence-electron chi connectivity index (χ1n) is 8.84. The zero-order valence-electron chi connectivity index (χ0n) is 15.5. The normalized spacial score (nSPS) is 12.3. The van der Waals surface area contributed by atoms with Crippen molar-refractivity contribution in [3.05, 3.63) is 56.9 Å². The highest BCUT2D eigenvalue weighted by Crippen LogP contribution is 2.26. The van der Waals surface area contributed by atoms with Crippen molar-refractivity contribution < 1.29 is 14.3 Å². The van der Waals surface area contributed by atoms with Crippen LogP contribution in [0.3, 0.4) is 0 Å². The second-order valence-electron chi connectivity index (χ2n) is 6.52. The number of fused-ring (bicyclic) bond motifs is 1. The fourth-order valence-corrected chi connectivity index (χ4v) is 4.16. The number of aromatic amines is 1. The highest BCUT2D eigenvalue weighted by molar-refractivity contribution is 7.14. The van der Waals surface area contributed by atoms with Crippen LogP contribution in [0.4, 0.5) is 0 Å². The summed E-state index contributed by atoms with van der Waals surface area (Å²) in [5, 5.41) is 0.857. The molecule has 0 spiro atoms. The summed E-state index contributed by atoms with van der Waals surface area (Å²) in [5.74, 6) is -0.617. The number of hydrogen-bond acceptors (Lipinski definition) is 4. The van der Waals surface area contributed by atoms with E-state index in [0.29, 0.717) is 10.4 Å². The van der Waals surface area contributed by atoms with Crippen LogP contribution in [0.1, 0.15) is 56.4 Å². The van der Waals surface area contributed by atoms with Crippen molar-refractivity contribution in [2.24, 2.45) is 0 Å². The van der Waals surface area contributed by atoms with Crippen LogP contribution in [0.2, 0.25) is 0 Å². The lowest BCUT2D eigenvalue weighted by Gasteiger charge is -2.12. The Morgan fingerprint density at radius 2 is 1.96 bits per heavy atom. The van der Waals surface area contributed by atoms with Gasteiger partial charge < -0.3 is 9.72 Å². The maximum Gasteiger partial charge on any atom is 0.349 e. The minimum absolute atomic E-state index is 0.185. The van der Waals surface area contributed by atoms with Crippen LogP contribution in [-0.4, -0.2) is 22.8 Å². The van der Waals surface area contributed by atoms with Crippen LogP contribution < -0.4 is 0 Å². The van der Waals surface area contributed by atoms with Crippen molar-refractivity contribution in [1.82, 2.24) is 4.98 Å². The molecule has 136 valence electrons. The van der Waals surface area contributed by atoms with Gasteiger partial charge in [0.05, 0.1) is 0 Å². The zero-order valence-corrected chi connectivity index (χ0v) is 16.3. The molecule has 4 nitrogen and oxygen atoms in total. The predicted molar refractivity (Wildman–Crippen MR) is 105 cm³/mol. The minimum atomic E-state index is -0.836. The first kappa shape index (κ1) is 18.4. The van der Waals surface area contributed by atoms with Gasteiger partial charge in [0, 0.05) is 27.0 Å². The van der Waals surface area contributed by atoms with Crippen LogP contribution in [0.5, 0.6) is 0 Å². The molecule has 0 bridgehead atoms. The molecule has 3 aromatic rings. The number of hydrogen-bond donors (Lipinski definition) is 1. The lowest BCUT2D eigenvalue weighted by Crippen LogP contribution is -2.24. The maximum atomic E-state index is 12.9. The second-order valence-corrected chi connectivity index (χ2v) is 7.78.